The number of aryl methyl sites for hydroxylation is 1. The summed E-state index contributed by atoms with van der Waals surface area (Å²) >= 11 is 0. The Hall–Kier alpha value is -0.336. The van der Waals surface area contributed by atoms with E-state index in [1.54, 1.807) is 12.4 Å². The first-order chi connectivity index (χ1) is 4.93. The van der Waals surface area contributed by atoms with Gasteiger partial charge in [0.2, 0.25) is 0 Å². The van der Waals surface area contributed by atoms with Crippen molar-refractivity contribution in [3.05, 3.63) is 24.3 Å². The van der Waals surface area contributed by atoms with Crippen molar-refractivity contribution in [2.45, 2.75) is 27.2 Å². The smallest absolute Gasteiger partial charge is 0 e. The van der Waals surface area contributed by atoms with Crippen molar-refractivity contribution in [1.29, 1.82) is 0 Å². The van der Waals surface area contributed by atoms with Crippen LogP contribution in [0.2, 0.25) is 0 Å². The molecule has 0 saturated heterocycles. The van der Waals surface area contributed by atoms with E-state index >= 15 is 0 Å². The Morgan fingerprint density at radius 3 is 2.36 bits per heavy atom. The van der Waals surface area contributed by atoms with Gasteiger partial charge in [-0.05, 0) is 18.3 Å². The van der Waals surface area contributed by atoms with Gasteiger partial charge in [0.1, 0.15) is 0 Å². The van der Waals surface area contributed by atoms with Crippen LogP contribution in [0.1, 0.15) is 26.5 Å². The molecule has 1 radical (unpaired) electrons. The minimum absolute atomic E-state index is 0. The fourth-order valence-corrected chi connectivity index (χ4v) is 0.473. The van der Waals surface area contributed by atoms with Crippen molar-refractivity contribution in [3.63, 3.8) is 0 Å². The van der Waals surface area contributed by atoms with Gasteiger partial charge in [-0.2, -0.15) is 0 Å². The minimum atomic E-state index is 0. The molecule has 0 aliphatic rings. The van der Waals surface area contributed by atoms with E-state index in [-0.39, 0.29) is 18.6 Å². The Morgan fingerprint density at radius 2 is 2.09 bits per heavy atom. The van der Waals surface area contributed by atoms with Gasteiger partial charge in [0, 0.05) is 18.6 Å². The van der Waals surface area contributed by atoms with Gasteiger partial charge in [-0.25, -0.2) is 0 Å². The Bertz CT molecular complexity index is 153. The summed E-state index contributed by atoms with van der Waals surface area (Å²) < 4.78 is 0. The van der Waals surface area contributed by atoms with E-state index in [9.17, 15) is 0 Å². The first kappa shape index (κ1) is 13.3. The average Bonchev–Trinajstić information content (AvgIpc) is 2.10. The summed E-state index contributed by atoms with van der Waals surface area (Å²) in [5.41, 5.74) is 1.02. The molecule has 1 rings (SSSR count). The molecule has 0 atom stereocenters. The molecule has 11 heavy (non-hydrogen) atoms. The largest absolute Gasteiger partial charge is 0.456 e. The van der Waals surface area contributed by atoms with E-state index in [1.807, 2.05) is 20.8 Å². The zero-order valence-corrected chi connectivity index (χ0v) is 8.60. The van der Waals surface area contributed by atoms with Gasteiger partial charge in [-0.1, -0.05) is 20.8 Å². The molecule has 0 N–H and O–H groups in total. The molecule has 0 aliphatic carbocycles. The Balaban J connectivity index is 0. The quantitative estimate of drug-likeness (QED) is 0.628. The maximum atomic E-state index is 3.98. The Labute approximate surface area is 80.3 Å². The molecule has 0 aliphatic heterocycles. The van der Waals surface area contributed by atoms with Gasteiger partial charge in [-0.3, -0.25) is 4.98 Å². The number of hydrogen-bond donors (Lipinski definition) is 0. The molecule has 0 saturated carbocycles. The second kappa shape index (κ2) is 9.66. The predicted molar refractivity (Wildman–Crippen MR) is 41.6 cm³/mol. The van der Waals surface area contributed by atoms with Crippen LogP contribution >= 0.6 is 0 Å². The number of nitrogens with zero attached hydrogens (tertiary/aromatic N) is 2. The molecular formula is C8H13N2V-. The maximum Gasteiger partial charge on any atom is 0 e. The topological polar surface area (TPSA) is 25.8 Å². The monoisotopic (exact) mass is 188 g/mol. The fourth-order valence-electron chi connectivity index (χ4n) is 0.473. The van der Waals surface area contributed by atoms with Crippen LogP contribution in [-0.2, 0) is 25.0 Å². The van der Waals surface area contributed by atoms with Gasteiger partial charge in [0.15, 0.2) is 0 Å². The Kier molecular flexibility index (Phi) is 11.7. The normalized spacial score (nSPS) is 7.18. The molecule has 0 unspecified atom stereocenters. The summed E-state index contributed by atoms with van der Waals surface area (Å²) in [6.07, 6.45) is 6.86. The Morgan fingerprint density at radius 1 is 1.45 bits per heavy atom. The van der Waals surface area contributed by atoms with E-state index in [1.165, 1.54) is 0 Å². The summed E-state index contributed by atoms with van der Waals surface area (Å²) in [7, 11) is 0. The van der Waals surface area contributed by atoms with Gasteiger partial charge < -0.3 is 4.98 Å². The maximum absolute atomic E-state index is 3.98. The van der Waals surface area contributed by atoms with E-state index < -0.39 is 0 Å². The number of rotatable bonds is 1. The summed E-state index contributed by atoms with van der Waals surface area (Å²) in [5.74, 6) is 0. The van der Waals surface area contributed by atoms with E-state index in [2.05, 4.69) is 16.2 Å². The fraction of sp³-hybridized carbons (Fsp3) is 0.500. The molecule has 0 aromatic carbocycles. The van der Waals surface area contributed by atoms with Crippen LogP contribution in [0.25, 0.3) is 0 Å². The minimum Gasteiger partial charge on any atom is -0.456 e. The van der Waals surface area contributed by atoms with Crippen LogP contribution in [0, 0.1) is 6.20 Å². The molecule has 61 valence electrons. The van der Waals surface area contributed by atoms with E-state index in [0.29, 0.717) is 0 Å². The molecular weight excluding hydrogens is 175 g/mol. The van der Waals surface area contributed by atoms with E-state index in [0.717, 1.165) is 12.1 Å². The third kappa shape index (κ3) is 6.08. The number of aromatic nitrogens is 2. The van der Waals surface area contributed by atoms with Gasteiger partial charge >= 0.3 is 0 Å². The molecule has 0 fully saturated rings. The van der Waals surface area contributed by atoms with Crippen LogP contribution in [0.5, 0.6) is 0 Å². The van der Waals surface area contributed by atoms with Gasteiger partial charge in [0.25, 0.3) is 0 Å². The average molecular weight is 188 g/mol. The van der Waals surface area contributed by atoms with Crippen molar-refractivity contribution in [1.82, 2.24) is 9.97 Å². The molecule has 2 nitrogen and oxygen atoms in total. The second-order valence-electron chi connectivity index (χ2n) is 1.49. The molecule has 3 heteroatoms. The van der Waals surface area contributed by atoms with Crippen LogP contribution < -0.4 is 0 Å². The first-order valence-corrected chi connectivity index (χ1v) is 3.60. The molecule has 0 amide bonds. The van der Waals surface area contributed by atoms with Crippen molar-refractivity contribution in [2.75, 3.05) is 0 Å². The van der Waals surface area contributed by atoms with Gasteiger partial charge in [-0.15, -0.1) is 12.4 Å². The third-order valence-electron chi connectivity index (χ3n) is 0.938. The van der Waals surface area contributed by atoms with Crippen molar-refractivity contribution in [2.24, 2.45) is 0 Å². The van der Waals surface area contributed by atoms with Crippen LogP contribution in [0.3, 0.4) is 0 Å². The SMILES string of the molecule is CC.CCc1cn[c-]cn1.[V]. The van der Waals surface area contributed by atoms with Crippen LogP contribution in [0.15, 0.2) is 12.4 Å². The van der Waals surface area contributed by atoms with Gasteiger partial charge in [0.05, 0.1) is 0 Å². The van der Waals surface area contributed by atoms with Crippen LogP contribution in [-0.4, -0.2) is 9.97 Å². The zero-order valence-electron chi connectivity index (χ0n) is 7.20. The predicted octanol–water partition coefficient (Wildman–Crippen LogP) is 1.86. The molecule has 0 bridgehead atoms. The molecule has 1 aromatic heterocycles. The number of hydrogen-bond acceptors (Lipinski definition) is 2. The van der Waals surface area contributed by atoms with E-state index in [4.69, 9.17) is 0 Å². The summed E-state index contributed by atoms with van der Waals surface area (Å²) in [4.78, 5) is 7.75. The van der Waals surface area contributed by atoms with Crippen molar-refractivity contribution < 1.29 is 18.6 Å². The third-order valence-corrected chi connectivity index (χ3v) is 0.938. The van der Waals surface area contributed by atoms with Crippen molar-refractivity contribution in [3.8, 4) is 0 Å². The molecule has 0 spiro atoms. The summed E-state index contributed by atoms with van der Waals surface area (Å²) in [5, 5.41) is 0. The second-order valence-corrected chi connectivity index (χ2v) is 1.49. The van der Waals surface area contributed by atoms with Crippen molar-refractivity contribution >= 4 is 0 Å². The first-order valence-electron chi connectivity index (χ1n) is 3.60. The molecule has 1 heterocycles. The molecule has 1 aromatic rings. The van der Waals surface area contributed by atoms with Crippen LogP contribution in [0.4, 0.5) is 0 Å². The standard InChI is InChI=1S/C6H7N2.C2H6.V/c1-2-6-5-7-3-4-8-6;1-2;/h4-5H,2H2,1H3;1-2H3;/q-1;;. The summed E-state index contributed by atoms with van der Waals surface area (Å²) in [6, 6.07) is 0. The summed E-state index contributed by atoms with van der Waals surface area (Å²) in [6.45, 7) is 6.05. The zero-order chi connectivity index (χ0) is 7.82.